The van der Waals surface area contributed by atoms with Gasteiger partial charge >= 0.3 is 0 Å². The Morgan fingerprint density at radius 2 is 2.04 bits per heavy atom. The smallest absolute Gasteiger partial charge is 0.214 e. The van der Waals surface area contributed by atoms with Crippen LogP contribution in [0, 0.1) is 12.8 Å². The summed E-state index contributed by atoms with van der Waals surface area (Å²) in [5, 5.41) is 10.3. The average Bonchev–Trinajstić information content (AvgIpc) is 2.78. The summed E-state index contributed by atoms with van der Waals surface area (Å²) < 4.78 is 25.4. The van der Waals surface area contributed by atoms with E-state index in [-0.39, 0.29) is 17.6 Å². The Bertz CT molecular complexity index is 661. The molecule has 1 saturated heterocycles. The summed E-state index contributed by atoms with van der Waals surface area (Å²) in [4.78, 5) is 10.7. The van der Waals surface area contributed by atoms with Crippen LogP contribution in [0.2, 0.25) is 0 Å². The summed E-state index contributed by atoms with van der Waals surface area (Å²) in [6, 6.07) is 0. The third kappa shape index (κ3) is 3.99. The number of aliphatic hydroxyl groups is 1. The van der Waals surface area contributed by atoms with Crippen molar-refractivity contribution >= 4 is 15.8 Å². The fraction of sp³-hybridized carbons (Fsp3) is 0.733. The first-order valence-corrected chi connectivity index (χ1v) is 9.39. The van der Waals surface area contributed by atoms with Crippen molar-refractivity contribution in [3.63, 3.8) is 0 Å². The van der Waals surface area contributed by atoms with Crippen LogP contribution in [0.25, 0.3) is 0 Å². The summed E-state index contributed by atoms with van der Waals surface area (Å²) in [5.41, 5.74) is 1.01. The molecule has 1 aliphatic rings. The van der Waals surface area contributed by atoms with Crippen molar-refractivity contribution in [3.8, 4) is 0 Å². The fourth-order valence-corrected chi connectivity index (χ4v) is 3.91. The molecule has 2 rings (SSSR count). The molecule has 0 radical (unpaired) electrons. The summed E-state index contributed by atoms with van der Waals surface area (Å²) >= 11 is 0. The maximum Gasteiger partial charge on any atom is 0.214 e. The number of aliphatic hydroxyl groups excluding tert-OH is 1. The SMILES string of the molecule is Cc1ncc(C(C)C)c(N2C[C@@H](CS(=O)(=O)N(C)C)[C@H](O)C2)n1. The molecule has 1 fully saturated rings. The van der Waals surface area contributed by atoms with Gasteiger partial charge in [-0.2, -0.15) is 0 Å². The lowest BCUT2D eigenvalue weighted by Crippen LogP contribution is -2.33. The molecule has 2 atom stereocenters. The lowest BCUT2D eigenvalue weighted by atomic mass is 10.1. The van der Waals surface area contributed by atoms with Crippen molar-refractivity contribution in [1.29, 1.82) is 0 Å². The quantitative estimate of drug-likeness (QED) is 0.843. The number of aromatic nitrogens is 2. The number of nitrogens with zero attached hydrogens (tertiary/aromatic N) is 4. The molecule has 0 saturated carbocycles. The van der Waals surface area contributed by atoms with Gasteiger partial charge < -0.3 is 10.0 Å². The lowest BCUT2D eigenvalue weighted by Gasteiger charge is -2.22. The first kappa shape index (κ1) is 18.1. The van der Waals surface area contributed by atoms with Gasteiger partial charge in [-0.25, -0.2) is 22.7 Å². The lowest BCUT2D eigenvalue weighted by molar-refractivity contribution is 0.157. The van der Waals surface area contributed by atoms with Gasteiger partial charge in [0.1, 0.15) is 11.6 Å². The molecule has 130 valence electrons. The van der Waals surface area contributed by atoms with Crippen molar-refractivity contribution in [3.05, 3.63) is 17.6 Å². The number of hydrogen-bond donors (Lipinski definition) is 1. The van der Waals surface area contributed by atoms with E-state index in [4.69, 9.17) is 0 Å². The minimum absolute atomic E-state index is 0.0568. The van der Waals surface area contributed by atoms with E-state index < -0.39 is 16.1 Å². The van der Waals surface area contributed by atoms with Gasteiger partial charge in [-0.3, -0.25) is 0 Å². The van der Waals surface area contributed by atoms with E-state index in [0.29, 0.717) is 18.9 Å². The summed E-state index contributed by atoms with van der Waals surface area (Å²) in [5.74, 6) is 1.35. The Labute approximate surface area is 138 Å². The first-order chi connectivity index (χ1) is 10.6. The molecule has 1 N–H and O–H groups in total. The maximum absolute atomic E-state index is 12.1. The van der Waals surface area contributed by atoms with E-state index in [9.17, 15) is 13.5 Å². The topological polar surface area (TPSA) is 86.6 Å². The van der Waals surface area contributed by atoms with Crippen LogP contribution in [-0.4, -0.2) is 66.8 Å². The van der Waals surface area contributed by atoms with Gasteiger partial charge in [0.25, 0.3) is 0 Å². The first-order valence-electron chi connectivity index (χ1n) is 7.78. The normalized spacial score (nSPS) is 22.3. The van der Waals surface area contributed by atoms with Crippen LogP contribution >= 0.6 is 0 Å². The average molecular weight is 342 g/mol. The maximum atomic E-state index is 12.1. The molecule has 8 heteroatoms. The fourth-order valence-electron chi connectivity index (χ4n) is 2.74. The van der Waals surface area contributed by atoms with E-state index in [1.165, 1.54) is 18.4 Å². The second-order valence-electron chi connectivity index (χ2n) is 6.64. The highest BCUT2D eigenvalue weighted by Gasteiger charge is 2.36. The monoisotopic (exact) mass is 342 g/mol. The zero-order chi connectivity index (χ0) is 17.4. The number of hydrogen-bond acceptors (Lipinski definition) is 6. The van der Waals surface area contributed by atoms with Crippen molar-refractivity contribution in [2.75, 3.05) is 37.8 Å². The predicted molar refractivity (Wildman–Crippen MR) is 90.0 cm³/mol. The van der Waals surface area contributed by atoms with Crippen LogP contribution in [0.4, 0.5) is 5.82 Å². The molecule has 1 aliphatic heterocycles. The summed E-state index contributed by atoms with van der Waals surface area (Å²) in [6.45, 7) is 6.83. The second kappa shape index (κ2) is 6.70. The third-order valence-corrected chi connectivity index (χ3v) is 6.19. The molecule has 0 amide bonds. The Hall–Kier alpha value is -1.25. The van der Waals surface area contributed by atoms with Crippen molar-refractivity contribution in [1.82, 2.24) is 14.3 Å². The van der Waals surface area contributed by atoms with Crippen LogP contribution in [0.5, 0.6) is 0 Å². The van der Waals surface area contributed by atoms with Crippen LogP contribution in [-0.2, 0) is 10.0 Å². The molecule has 0 bridgehead atoms. The van der Waals surface area contributed by atoms with E-state index in [1.807, 2.05) is 18.0 Å². The van der Waals surface area contributed by atoms with Crippen molar-refractivity contribution < 1.29 is 13.5 Å². The van der Waals surface area contributed by atoms with Gasteiger partial charge in [-0.05, 0) is 12.8 Å². The number of sulfonamides is 1. The third-order valence-electron chi connectivity index (χ3n) is 4.23. The molecule has 2 heterocycles. The molecule has 1 aromatic heterocycles. The Morgan fingerprint density at radius 3 is 2.61 bits per heavy atom. The highest BCUT2D eigenvalue weighted by molar-refractivity contribution is 7.89. The van der Waals surface area contributed by atoms with Crippen molar-refractivity contribution in [2.24, 2.45) is 5.92 Å². The minimum atomic E-state index is -3.34. The molecule has 0 aromatic carbocycles. The molecule has 0 unspecified atom stereocenters. The van der Waals surface area contributed by atoms with Crippen LogP contribution in [0.15, 0.2) is 6.20 Å². The van der Waals surface area contributed by atoms with E-state index in [1.54, 1.807) is 0 Å². The van der Waals surface area contributed by atoms with Crippen molar-refractivity contribution in [2.45, 2.75) is 32.8 Å². The molecule has 0 spiro atoms. The Morgan fingerprint density at radius 1 is 1.39 bits per heavy atom. The number of rotatable bonds is 5. The molecule has 0 aliphatic carbocycles. The molecule has 23 heavy (non-hydrogen) atoms. The van der Waals surface area contributed by atoms with Crippen LogP contribution in [0.1, 0.15) is 31.2 Å². The van der Waals surface area contributed by atoms with E-state index in [0.717, 1.165) is 11.4 Å². The molecular weight excluding hydrogens is 316 g/mol. The zero-order valence-corrected chi connectivity index (χ0v) is 15.2. The molecular formula is C15H26N4O3S. The van der Waals surface area contributed by atoms with Crippen LogP contribution < -0.4 is 4.90 Å². The zero-order valence-electron chi connectivity index (χ0n) is 14.4. The molecule has 1 aromatic rings. The van der Waals surface area contributed by atoms with E-state index in [2.05, 4.69) is 23.8 Å². The van der Waals surface area contributed by atoms with Gasteiger partial charge in [0.05, 0.1) is 11.9 Å². The van der Waals surface area contributed by atoms with Crippen LogP contribution in [0.3, 0.4) is 0 Å². The molecule has 7 nitrogen and oxygen atoms in total. The second-order valence-corrected chi connectivity index (χ2v) is 8.87. The largest absolute Gasteiger partial charge is 0.391 e. The Kier molecular flexibility index (Phi) is 5.27. The van der Waals surface area contributed by atoms with Gasteiger partial charge in [-0.1, -0.05) is 13.8 Å². The minimum Gasteiger partial charge on any atom is -0.391 e. The highest BCUT2D eigenvalue weighted by atomic mass is 32.2. The number of aryl methyl sites for hydroxylation is 1. The highest BCUT2D eigenvalue weighted by Crippen LogP contribution is 2.30. The van der Waals surface area contributed by atoms with Gasteiger partial charge in [-0.15, -0.1) is 0 Å². The van der Waals surface area contributed by atoms with Gasteiger partial charge in [0.15, 0.2) is 0 Å². The predicted octanol–water partition coefficient (Wildman–Crippen LogP) is 0.597. The summed E-state index contributed by atoms with van der Waals surface area (Å²) in [7, 11) is -0.315. The number of β-amino-alcohol motifs (C(OH)–C–C–N with tert-alkyl or cyclic N) is 1. The van der Waals surface area contributed by atoms with Gasteiger partial charge in [0, 0.05) is 44.9 Å². The standard InChI is InChI=1S/C15H26N4O3S/c1-10(2)13-6-16-11(3)17-15(13)19-7-12(14(20)8-19)9-23(21,22)18(4)5/h6,10,12,14,20H,7-9H2,1-5H3/t12-,14+/m0/s1. The van der Waals surface area contributed by atoms with Gasteiger partial charge in [0.2, 0.25) is 10.0 Å². The Balaban J connectivity index is 2.23. The van der Waals surface area contributed by atoms with E-state index >= 15 is 0 Å². The number of anilines is 1. The summed E-state index contributed by atoms with van der Waals surface area (Å²) in [6.07, 6.45) is 1.14.